The molecule has 1 unspecified atom stereocenters. The first-order chi connectivity index (χ1) is 11.5. The molecule has 1 fully saturated rings. The number of benzene rings is 1. The standard InChI is InChI=1S/C18H28FN3O2/c1-13(2)10-16(20)18(23)21-12-17(22-6-8-24-9-7-22)14-4-3-5-15(19)11-14/h3-5,11,13,16-17H,6-10,12,20H2,1-2H3,(H,21,23)/t16-,17?/m0/s1. The van der Waals surface area contributed by atoms with Crippen molar-refractivity contribution >= 4 is 5.91 Å². The lowest BCUT2D eigenvalue weighted by molar-refractivity contribution is -0.123. The van der Waals surface area contributed by atoms with Gasteiger partial charge in [-0.05, 0) is 30.0 Å². The minimum absolute atomic E-state index is 0.0835. The van der Waals surface area contributed by atoms with E-state index in [2.05, 4.69) is 10.2 Å². The normalized spacial score (nSPS) is 18.4. The van der Waals surface area contributed by atoms with Gasteiger partial charge in [-0.2, -0.15) is 0 Å². The van der Waals surface area contributed by atoms with E-state index in [0.29, 0.717) is 32.1 Å². The Morgan fingerprint density at radius 3 is 2.71 bits per heavy atom. The highest BCUT2D eigenvalue weighted by atomic mass is 19.1. The summed E-state index contributed by atoms with van der Waals surface area (Å²) in [6.45, 7) is 7.30. The fourth-order valence-corrected chi connectivity index (χ4v) is 3.00. The van der Waals surface area contributed by atoms with Crippen LogP contribution in [0, 0.1) is 11.7 Å². The van der Waals surface area contributed by atoms with Crippen molar-refractivity contribution in [2.24, 2.45) is 11.7 Å². The lowest BCUT2D eigenvalue weighted by Crippen LogP contribution is -2.47. The average molecular weight is 337 g/mol. The second-order valence-corrected chi connectivity index (χ2v) is 6.70. The summed E-state index contributed by atoms with van der Waals surface area (Å²) in [4.78, 5) is 14.4. The second kappa shape index (κ2) is 9.11. The molecule has 0 radical (unpaired) electrons. The van der Waals surface area contributed by atoms with Gasteiger partial charge in [0.15, 0.2) is 0 Å². The molecule has 0 aromatic heterocycles. The molecule has 2 atom stereocenters. The van der Waals surface area contributed by atoms with Gasteiger partial charge in [0.2, 0.25) is 5.91 Å². The topological polar surface area (TPSA) is 67.6 Å². The number of carbonyl (C=O) groups excluding carboxylic acids is 1. The Morgan fingerprint density at radius 1 is 1.38 bits per heavy atom. The van der Waals surface area contributed by atoms with Crippen LogP contribution in [-0.4, -0.2) is 49.7 Å². The van der Waals surface area contributed by atoms with Crippen molar-refractivity contribution in [3.63, 3.8) is 0 Å². The SMILES string of the molecule is CC(C)C[C@H](N)C(=O)NCC(c1cccc(F)c1)N1CCOCC1. The molecule has 5 nitrogen and oxygen atoms in total. The van der Waals surface area contributed by atoms with E-state index in [1.54, 1.807) is 6.07 Å². The van der Waals surface area contributed by atoms with Crippen LogP contribution in [0.25, 0.3) is 0 Å². The Bertz CT molecular complexity index is 533. The fraction of sp³-hybridized carbons (Fsp3) is 0.611. The maximum Gasteiger partial charge on any atom is 0.236 e. The molecule has 2 rings (SSSR count). The minimum atomic E-state index is -0.511. The van der Waals surface area contributed by atoms with Gasteiger partial charge in [-0.15, -0.1) is 0 Å². The van der Waals surface area contributed by atoms with Gasteiger partial charge in [0.25, 0.3) is 0 Å². The summed E-state index contributed by atoms with van der Waals surface area (Å²) >= 11 is 0. The zero-order valence-electron chi connectivity index (χ0n) is 14.5. The van der Waals surface area contributed by atoms with E-state index in [4.69, 9.17) is 10.5 Å². The molecule has 0 saturated carbocycles. The number of halogens is 1. The van der Waals surface area contributed by atoms with Crippen molar-refractivity contribution in [3.8, 4) is 0 Å². The number of rotatable bonds is 7. The third kappa shape index (κ3) is 5.54. The quantitative estimate of drug-likeness (QED) is 0.794. The molecular weight excluding hydrogens is 309 g/mol. The lowest BCUT2D eigenvalue weighted by Gasteiger charge is -2.35. The number of hydrogen-bond donors (Lipinski definition) is 2. The van der Waals surface area contributed by atoms with Crippen LogP contribution in [0.15, 0.2) is 24.3 Å². The third-order valence-corrected chi connectivity index (χ3v) is 4.25. The van der Waals surface area contributed by atoms with E-state index >= 15 is 0 Å². The lowest BCUT2D eigenvalue weighted by atomic mass is 10.0. The maximum atomic E-state index is 13.6. The zero-order valence-corrected chi connectivity index (χ0v) is 14.5. The van der Waals surface area contributed by atoms with E-state index in [0.717, 1.165) is 18.7 Å². The van der Waals surface area contributed by atoms with Crippen LogP contribution in [0.3, 0.4) is 0 Å². The zero-order chi connectivity index (χ0) is 17.5. The van der Waals surface area contributed by atoms with E-state index < -0.39 is 6.04 Å². The molecule has 0 spiro atoms. The van der Waals surface area contributed by atoms with Crippen LogP contribution in [0.5, 0.6) is 0 Å². The Balaban J connectivity index is 2.04. The Hall–Kier alpha value is -1.50. The number of morpholine rings is 1. The molecule has 6 heteroatoms. The van der Waals surface area contributed by atoms with Crippen molar-refractivity contribution in [2.45, 2.75) is 32.4 Å². The van der Waals surface area contributed by atoms with E-state index in [1.807, 2.05) is 19.9 Å². The number of nitrogens with two attached hydrogens (primary N) is 1. The van der Waals surface area contributed by atoms with Gasteiger partial charge in [-0.25, -0.2) is 4.39 Å². The number of amides is 1. The highest BCUT2D eigenvalue weighted by Crippen LogP contribution is 2.22. The summed E-state index contributed by atoms with van der Waals surface area (Å²) in [5, 5.41) is 2.93. The van der Waals surface area contributed by atoms with Gasteiger partial charge in [0, 0.05) is 19.6 Å². The van der Waals surface area contributed by atoms with Crippen molar-refractivity contribution in [1.29, 1.82) is 0 Å². The predicted molar refractivity (Wildman–Crippen MR) is 92.0 cm³/mol. The smallest absolute Gasteiger partial charge is 0.236 e. The van der Waals surface area contributed by atoms with Crippen LogP contribution < -0.4 is 11.1 Å². The molecule has 0 bridgehead atoms. The molecule has 24 heavy (non-hydrogen) atoms. The highest BCUT2D eigenvalue weighted by Gasteiger charge is 2.24. The van der Waals surface area contributed by atoms with Crippen LogP contribution in [0.4, 0.5) is 4.39 Å². The van der Waals surface area contributed by atoms with Gasteiger partial charge in [-0.3, -0.25) is 9.69 Å². The van der Waals surface area contributed by atoms with Crippen LogP contribution in [-0.2, 0) is 9.53 Å². The van der Waals surface area contributed by atoms with Gasteiger partial charge >= 0.3 is 0 Å². The van der Waals surface area contributed by atoms with Crippen molar-refractivity contribution < 1.29 is 13.9 Å². The molecular formula is C18H28FN3O2. The monoisotopic (exact) mass is 337 g/mol. The largest absolute Gasteiger partial charge is 0.379 e. The summed E-state index contributed by atoms with van der Waals surface area (Å²) in [6.07, 6.45) is 0.647. The first-order valence-corrected chi connectivity index (χ1v) is 8.58. The summed E-state index contributed by atoms with van der Waals surface area (Å²) in [5.74, 6) is -0.0593. The molecule has 1 saturated heterocycles. The van der Waals surface area contributed by atoms with Crippen molar-refractivity contribution in [3.05, 3.63) is 35.6 Å². The molecule has 1 heterocycles. The van der Waals surface area contributed by atoms with Gasteiger partial charge in [-0.1, -0.05) is 26.0 Å². The average Bonchev–Trinajstić information content (AvgIpc) is 2.55. The molecule has 1 aromatic rings. The summed E-state index contributed by atoms with van der Waals surface area (Å²) < 4.78 is 19.0. The summed E-state index contributed by atoms with van der Waals surface area (Å²) in [6, 6.07) is 5.95. The van der Waals surface area contributed by atoms with Crippen LogP contribution in [0.1, 0.15) is 31.9 Å². The molecule has 0 aliphatic carbocycles. The Morgan fingerprint density at radius 2 is 2.08 bits per heavy atom. The molecule has 1 amide bonds. The van der Waals surface area contributed by atoms with Crippen LogP contribution in [0.2, 0.25) is 0 Å². The Kier molecular flexibility index (Phi) is 7.15. The fourth-order valence-electron chi connectivity index (χ4n) is 3.00. The number of hydrogen-bond acceptors (Lipinski definition) is 4. The number of nitrogens with zero attached hydrogens (tertiary/aromatic N) is 1. The summed E-state index contributed by atoms with van der Waals surface area (Å²) in [5.41, 5.74) is 6.80. The predicted octanol–water partition coefficient (Wildman–Crippen LogP) is 1.69. The van der Waals surface area contributed by atoms with Crippen molar-refractivity contribution in [1.82, 2.24) is 10.2 Å². The molecule has 1 aliphatic heterocycles. The van der Waals surface area contributed by atoms with Crippen molar-refractivity contribution in [2.75, 3.05) is 32.8 Å². The first-order valence-electron chi connectivity index (χ1n) is 8.58. The van der Waals surface area contributed by atoms with Crippen LogP contribution >= 0.6 is 0 Å². The number of ether oxygens (including phenoxy) is 1. The first kappa shape index (κ1) is 18.8. The number of nitrogens with one attached hydrogen (secondary N) is 1. The summed E-state index contributed by atoms with van der Waals surface area (Å²) in [7, 11) is 0. The second-order valence-electron chi connectivity index (χ2n) is 6.70. The van der Waals surface area contributed by atoms with Gasteiger partial charge in [0.05, 0.1) is 25.3 Å². The van der Waals surface area contributed by atoms with Gasteiger partial charge < -0.3 is 15.8 Å². The Labute approximate surface area is 143 Å². The molecule has 1 aromatic carbocycles. The minimum Gasteiger partial charge on any atom is -0.379 e. The van der Waals surface area contributed by atoms with E-state index in [-0.39, 0.29) is 17.8 Å². The van der Waals surface area contributed by atoms with E-state index in [9.17, 15) is 9.18 Å². The number of carbonyl (C=O) groups is 1. The highest BCUT2D eigenvalue weighted by molar-refractivity contribution is 5.81. The third-order valence-electron chi connectivity index (χ3n) is 4.25. The molecule has 1 aliphatic rings. The molecule has 3 N–H and O–H groups in total. The maximum absolute atomic E-state index is 13.6. The van der Waals surface area contributed by atoms with Gasteiger partial charge in [0.1, 0.15) is 5.82 Å². The van der Waals surface area contributed by atoms with E-state index in [1.165, 1.54) is 12.1 Å². The molecule has 134 valence electrons.